The van der Waals surface area contributed by atoms with Crippen LogP contribution in [-0.2, 0) is 13.6 Å². The fourth-order valence-electron chi connectivity index (χ4n) is 2.01. The van der Waals surface area contributed by atoms with Gasteiger partial charge in [-0.1, -0.05) is 0 Å². The van der Waals surface area contributed by atoms with Gasteiger partial charge in [-0.2, -0.15) is 5.10 Å². The predicted molar refractivity (Wildman–Crippen MR) is 79.8 cm³/mol. The number of hydrogen-bond acceptors (Lipinski definition) is 4. The Morgan fingerprint density at radius 3 is 2.90 bits per heavy atom. The predicted octanol–water partition coefficient (Wildman–Crippen LogP) is 2.93. The lowest BCUT2D eigenvalue weighted by molar-refractivity contribution is 0.408. The van der Waals surface area contributed by atoms with Crippen molar-refractivity contribution in [3.8, 4) is 11.8 Å². The van der Waals surface area contributed by atoms with Gasteiger partial charge in [0.05, 0.1) is 5.69 Å². The van der Waals surface area contributed by atoms with Crippen molar-refractivity contribution in [3.63, 3.8) is 0 Å². The maximum absolute atomic E-state index is 5.90. The third kappa shape index (κ3) is 3.19. The van der Waals surface area contributed by atoms with Crippen molar-refractivity contribution < 1.29 is 4.74 Å². The van der Waals surface area contributed by atoms with Gasteiger partial charge in [0, 0.05) is 41.9 Å². The number of pyridine rings is 1. The van der Waals surface area contributed by atoms with E-state index in [2.05, 4.69) is 31.3 Å². The molecule has 1 N–H and O–H groups in total. The molecule has 1 aliphatic carbocycles. The van der Waals surface area contributed by atoms with E-state index in [-0.39, 0.29) is 0 Å². The lowest BCUT2D eigenvalue weighted by Gasteiger charge is -2.11. The van der Waals surface area contributed by atoms with Gasteiger partial charge in [0.1, 0.15) is 0 Å². The van der Waals surface area contributed by atoms with Crippen molar-refractivity contribution in [1.29, 1.82) is 0 Å². The van der Waals surface area contributed by atoms with E-state index in [1.54, 1.807) is 10.9 Å². The number of hydrogen-bond donors (Lipinski definition) is 1. The standard InChI is InChI=1S/C14H17BrN4O/c1-9-5-13(19(2)18-9)20-14-10(6-11(15)8-17-14)7-16-12-3-4-12/h5-6,8,12,16H,3-4,7H2,1-2H3. The summed E-state index contributed by atoms with van der Waals surface area (Å²) in [6, 6.07) is 4.60. The van der Waals surface area contributed by atoms with Gasteiger partial charge in [0.25, 0.3) is 0 Å². The highest BCUT2D eigenvalue weighted by Gasteiger charge is 2.21. The van der Waals surface area contributed by atoms with Crippen molar-refractivity contribution in [2.24, 2.45) is 7.05 Å². The van der Waals surface area contributed by atoms with E-state index in [4.69, 9.17) is 4.74 Å². The Balaban J connectivity index is 1.81. The molecule has 2 heterocycles. The summed E-state index contributed by atoms with van der Waals surface area (Å²) >= 11 is 3.46. The number of nitrogens with zero attached hydrogens (tertiary/aromatic N) is 3. The fraction of sp³-hybridized carbons (Fsp3) is 0.429. The minimum atomic E-state index is 0.629. The maximum atomic E-state index is 5.90. The highest BCUT2D eigenvalue weighted by Crippen LogP contribution is 2.27. The Hall–Kier alpha value is -1.40. The van der Waals surface area contributed by atoms with Crippen LogP contribution in [0.5, 0.6) is 11.8 Å². The topological polar surface area (TPSA) is 52.0 Å². The van der Waals surface area contributed by atoms with Crippen molar-refractivity contribution in [2.45, 2.75) is 32.4 Å². The van der Waals surface area contributed by atoms with E-state index < -0.39 is 0 Å². The largest absolute Gasteiger partial charge is 0.421 e. The summed E-state index contributed by atoms with van der Waals surface area (Å²) in [6.07, 6.45) is 4.27. The molecular weight excluding hydrogens is 320 g/mol. The summed E-state index contributed by atoms with van der Waals surface area (Å²) < 4.78 is 8.57. The van der Waals surface area contributed by atoms with Gasteiger partial charge in [-0.05, 0) is 41.8 Å². The van der Waals surface area contributed by atoms with E-state index in [1.165, 1.54) is 12.8 Å². The highest BCUT2D eigenvalue weighted by molar-refractivity contribution is 9.10. The summed E-state index contributed by atoms with van der Waals surface area (Å²) in [5.74, 6) is 1.33. The number of aryl methyl sites for hydroxylation is 2. The molecule has 20 heavy (non-hydrogen) atoms. The van der Waals surface area contributed by atoms with Gasteiger partial charge in [-0.3, -0.25) is 0 Å². The summed E-state index contributed by atoms with van der Waals surface area (Å²) in [5, 5.41) is 7.76. The summed E-state index contributed by atoms with van der Waals surface area (Å²) in [6.45, 7) is 2.71. The fourth-order valence-corrected chi connectivity index (χ4v) is 2.39. The molecule has 0 radical (unpaired) electrons. The molecule has 3 rings (SSSR count). The first kappa shape index (κ1) is 13.6. The lowest BCUT2D eigenvalue weighted by atomic mass is 10.2. The second-order valence-corrected chi connectivity index (χ2v) is 6.04. The Labute approximate surface area is 126 Å². The second-order valence-electron chi connectivity index (χ2n) is 5.12. The highest BCUT2D eigenvalue weighted by atomic mass is 79.9. The van der Waals surface area contributed by atoms with E-state index in [9.17, 15) is 0 Å². The Morgan fingerprint density at radius 2 is 2.25 bits per heavy atom. The van der Waals surface area contributed by atoms with Crippen molar-refractivity contribution in [3.05, 3.63) is 34.1 Å². The van der Waals surface area contributed by atoms with E-state index >= 15 is 0 Å². The first-order valence-corrected chi connectivity index (χ1v) is 7.47. The molecule has 5 nitrogen and oxygen atoms in total. The molecule has 0 spiro atoms. The number of rotatable bonds is 5. The van der Waals surface area contributed by atoms with Crippen molar-refractivity contribution in [1.82, 2.24) is 20.1 Å². The SMILES string of the molecule is Cc1cc(Oc2ncc(Br)cc2CNC2CC2)n(C)n1. The summed E-state index contributed by atoms with van der Waals surface area (Å²) in [7, 11) is 1.86. The zero-order valence-electron chi connectivity index (χ0n) is 11.6. The van der Waals surface area contributed by atoms with Crippen LogP contribution in [0.25, 0.3) is 0 Å². The smallest absolute Gasteiger partial charge is 0.225 e. The van der Waals surface area contributed by atoms with Gasteiger partial charge in [-0.25, -0.2) is 9.67 Å². The number of ether oxygens (including phenoxy) is 1. The molecule has 0 saturated heterocycles. The third-order valence-corrected chi connectivity index (χ3v) is 3.64. The van der Waals surface area contributed by atoms with Crippen LogP contribution in [0.2, 0.25) is 0 Å². The van der Waals surface area contributed by atoms with Crippen molar-refractivity contribution in [2.75, 3.05) is 0 Å². The quantitative estimate of drug-likeness (QED) is 0.911. The van der Waals surface area contributed by atoms with Crippen LogP contribution in [0.3, 0.4) is 0 Å². The summed E-state index contributed by atoms with van der Waals surface area (Å²) in [4.78, 5) is 4.37. The lowest BCUT2D eigenvalue weighted by Crippen LogP contribution is -2.16. The first-order chi connectivity index (χ1) is 9.61. The third-order valence-electron chi connectivity index (χ3n) is 3.21. The number of aromatic nitrogens is 3. The van der Waals surface area contributed by atoms with E-state index in [0.717, 1.165) is 22.3 Å². The normalized spacial score (nSPS) is 14.6. The maximum Gasteiger partial charge on any atom is 0.225 e. The van der Waals surface area contributed by atoms with E-state index in [0.29, 0.717) is 17.8 Å². The molecule has 0 aromatic carbocycles. The molecule has 106 valence electrons. The van der Waals surface area contributed by atoms with E-state index in [1.807, 2.05) is 26.1 Å². The average Bonchev–Trinajstić information content (AvgIpc) is 3.16. The molecule has 0 unspecified atom stereocenters. The Bertz CT molecular complexity index is 622. The molecule has 0 bridgehead atoms. The first-order valence-electron chi connectivity index (χ1n) is 6.68. The Morgan fingerprint density at radius 1 is 1.45 bits per heavy atom. The molecule has 6 heteroatoms. The molecule has 1 saturated carbocycles. The molecule has 2 aromatic rings. The Kier molecular flexibility index (Phi) is 3.76. The van der Waals surface area contributed by atoms with Gasteiger partial charge in [0.2, 0.25) is 11.8 Å². The zero-order chi connectivity index (χ0) is 14.1. The van der Waals surface area contributed by atoms with Crippen LogP contribution in [0, 0.1) is 6.92 Å². The molecule has 1 aliphatic rings. The van der Waals surface area contributed by atoms with Gasteiger partial charge < -0.3 is 10.1 Å². The van der Waals surface area contributed by atoms with Crippen LogP contribution in [0.4, 0.5) is 0 Å². The molecule has 0 aliphatic heterocycles. The zero-order valence-corrected chi connectivity index (χ0v) is 13.1. The molecule has 0 amide bonds. The van der Waals surface area contributed by atoms with Crippen LogP contribution in [0.15, 0.2) is 22.8 Å². The molecular formula is C14H17BrN4O. The second kappa shape index (κ2) is 5.54. The number of halogens is 1. The van der Waals surface area contributed by atoms with Gasteiger partial charge in [-0.15, -0.1) is 0 Å². The minimum Gasteiger partial charge on any atom is -0.421 e. The van der Waals surface area contributed by atoms with Gasteiger partial charge in [0.15, 0.2) is 0 Å². The molecule has 1 fully saturated rings. The monoisotopic (exact) mass is 336 g/mol. The van der Waals surface area contributed by atoms with Gasteiger partial charge >= 0.3 is 0 Å². The molecule has 2 aromatic heterocycles. The average molecular weight is 337 g/mol. The van der Waals surface area contributed by atoms with Crippen LogP contribution in [-0.4, -0.2) is 20.8 Å². The summed E-state index contributed by atoms with van der Waals surface area (Å²) in [5.41, 5.74) is 1.97. The number of nitrogens with one attached hydrogen (secondary N) is 1. The molecule has 0 atom stereocenters. The van der Waals surface area contributed by atoms with Crippen LogP contribution >= 0.6 is 15.9 Å². The van der Waals surface area contributed by atoms with Crippen LogP contribution in [0.1, 0.15) is 24.1 Å². The van der Waals surface area contributed by atoms with Crippen LogP contribution < -0.4 is 10.1 Å². The van der Waals surface area contributed by atoms with Crippen molar-refractivity contribution >= 4 is 15.9 Å². The minimum absolute atomic E-state index is 0.629.